The average Bonchev–Trinajstić information content (AvgIpc) is 3.38. The number of aliphatic hydroxyl groups excluding tert-OH is 1. The van der Waals surface area contributed by atoms with Crippen LogP contribution in [0, 0.1) is 34.5 Å². The second kappa shape index (κ2) is 6.16. The Labute approximate surface area is 178 Å². The van der Waals surface area contributed by atoms with Crippen LogP contribution in [0.2, 0.25) is 0 Å². The van der Waals surface area contributed by atoms with E-state index >= 15 is 0 Å². The van der Waals surface area contributed by atoms with E-state index in [0.29, 0.717) is 31.3 Å². The molecule has 2 saturated heterocycles. The van der Waals surface area contributed by atoms with Crippen LogP contribution in [-0.2, 0) is 23.7 Å². The van der Waals surface area contributed by atoms with Gasteiger partial charge in [0.15, 0.2) is 19.4 Å². The maximum absolute atomic E-state index is 12.1. The lowest BCUT2D eigenvalue weighted by atomic mass is 9.45. The summed E-state index contributed by atoms with van der Waals surface area (Å²) in [7, 11) is 0. The van der Waals surface area contributed by atoms with Crippen molar-refractivity contribution in [2.24, 2.45) is 34.5 Å². The van der Waals surface area contributed by atoms with E-state index in [4.69, 9.17) is 18.9 Å². The number of allylic oxidation sites excluding steroid dienone is 1. The van der Waals surface area contributed by atoms with E-state index in [2.05, 4.69) is 20.8 Å². The molecular formula is C24H34O6. The van der Waals surface area contributed by atoms with Crippen LogP contribution in [0.3, 0.4) is 0 Å². The van der Waals surface area contributed by atoms with Crippen molar-refractivity contribution in [1.29, 1.82) is 0 Å². The molecular weight excluding hydrogens is 384 g/mol. The lowest BCUT2D eigenvalue weighted by molar-refractivity contribution is -0.267. The SMILES string of the molecule is C[C@@H]1C[C@H]2[C@@H]3CCC4=CC(=O)CC[C@]4(C)[C@H]3[C@H](O)C[C@]2(C)[C@]12OCOC21COCO1. The monoisotopic (exact) mass is 418 g/mol. The minimum atomic E-state index is -0.872. The molecule has 9 atom stereocenters. The lowest BCUT2D eigenvalue weighted by Crippen LogP contribution is -2.67. The molecule has 6 nitrogen and oxygen atoms in total. The van der Waals surface area contributed by atoms with E-state index in [9.17, 15) is 9.90 Å². The molecule has 0 bridgehead atoms. The topological polar surface area (TPSA) is 74.2 Å². The van der Waals surface area contributed by atoms with Gasteiger partial charge >= 0.3 is 0 Å². The zero-order chi connectivity index (χ0) is 20.9. The molecule has 2 spiro atoms. The second-order valence-electron chi connectivity index (χ2n) is 11.2. The number of aliphatic hydroxyl groups is 1. The molecule has 6 heteroatoms. The fourth-order valence-electron chi connectivity index (χ4n) is 9.21. The van der Waals surface area contributed by atoms with Gasteiger partial charge in [-0.25, -0.2) is 0 Å². The molecule has 0 aromatic rings. The fraction of sp³-hybridized carbons (Fsp3) is 0.875. The molecule has 6 rings (SSSR count). The van der Waals surface area contributed by atoms with Crippen molar-refractivity contribution in [3.05, 3.63) is 11.6 Å². The summed E-state index contributed by atoms with van der Waals surface area (Å²) in [4.78, 5) is 12.1. The third kappa shape index (κ3) is 2.11. The number of fused-ring (bicyclic) bond motifs is 7. The third-order valence-electron chi connectivity index (χ3n) is 10.2. The highest BCUT2D eigenvalue weighted by atomic mass is 16.9. The number of rotatable bonds is 0. The van der Waals surface area contributed by atoms with Gasteiger partial charge in [-0.2, -0.15) is 0 Å². The van der Waals surface area contributed by atoms with Crippen LogP contribution in [-0.4, -0.2) is 48.6 Å². The van der Waals surface area contributed by atoms with E-state index in [1.54, 1.807) is 0 Å². The van der Waals surface area contributed by atoms with E-state index in [0.717, 1.165) is 25.7 Å². The van der Waals surface area contributed by atoms with Crippen molar-refractivity contribution < 1.29 is 28.8 Å². The number of carbonyl (C=O) groups excluding carboxylic acids is 1. The first kappa shape index (κ1) is 19.9. The Kier molecular flexibility index (Phi) is 4.08. The molecule has 30 heavy (non-hydrogen) atoms. The number of carbonyl (C=O) groups is 1. The Balaban J connectivity index is 1.43. The number of ether oxygens (including phenoxy) is 4. The summed E-state index contributed by atoms with van der Waals surface area (Å²) in [6.45, 7) is 7.69. The zero-order valence-electron chi connectivity index (χ0n) is 18.3. The highest BCUT2D eigenvalue weighted by molar-refractivity contribution is 5.91. The predicted molar refractivity (Wildman–Crippen MR) is 107 cm³/mol. The summed E-state index contributed by atoms with van der Waals surface area (Å²) in [5.74, 6) is 0.675. The van der Waals surface area contributed by atoms with Crippen LogP contribution >= 0.6 is 0 Å². The minimum Gasteiger partial charge on any atom is -0.393 e. The molecule has 0 amide bonds. The molecule has 4 aliphatic carbocycles. The van der Waals surface area contributed by atoms with E-state index in [-0.39, 0.29) is 42.0 Å². The summed E-state index contributed by atoms with van der Waals surface area (Å²) in [5, 5.41) is 11.7. The zero-order valence-corrected chi connectivity index (χ0v) is 18.3. The van der Waals surface area contributed by atoms with Crippen molar-refractivity contribution in [3.8, 4) is 0 Å². The predicted octanol–water partition coefficient (Wildman–Crippen LogP) is 3.18. The smallest absolute Gasteiger partial charge is 0.227 e. The average molecular weight is 419 g/mol. The quantitative estimate of drug-likeness (QED) is 0.651. The Morgan fingerprint density at radius 2 is 1.93 bits per heavy atom. The summed E-state index contributed by atoms with van der Waals surface area (Å²) in [6.07, 6.45) is 6.65. The Hall–Kier alpha value is -0.790. The van der Waals surface area contributed by atoms with Gasteiger partial charge in [0.25, 0.3) is 0 Å². The summed E-state index contributed by atoms with van der Waals surface area (Å²) in [5.41, 5.74) is 0.341. The van der Waals surface area contributed by atoms with Crippen LogP contribution in [0.15, 0.2) is 11.6 Å². The number of hydrogen-bond acceptors (Lipinski definition) is 6. The van der Waals surface area contributed by atoms with Gasteiger partial charge in [-0.1, -0.05) is 26.3 Å². The van der Waals surface area contributed by atoms with Crippen LogP contribution in [0.1, 0.15) is 59.3 Å². The summed E-state index contributed by atoms with van der Waals surface area (Å²) < 4.78 is 24.4. The van der Waals surface area contributed by atoms with Gasteiger partial charge in [0, 0.05) is 11.8 Å². The molecule has 1 N–H and O–H groups in total. The van der Waals surface area contributed by atoms with Crippen molar-refractivity contribution in [3.63, 3.8) is 0 Å². The van der Waals surface area contributed by atoms with Gasteiger partial charge in [0.1, 0.15) is 12.2 Å². The molecule has 3 saturated carbocycles. The molecule has 0 aromatic heterocycles. The van der Waals surface area contributed by atoms with Crippen LogP contribution in [0.4, 0.5) is 0 Å². The van der Waals surface area contributed by atoms with Crippen molar-refractivity contribution in [2.75, 3.05) is 20.2 Å². The molecule has 2 heterocycles. The highest BCUT2D eigenvalue weighted by Crippen LogP contribution is 2.72. The third-order valence-corrected chi connectivity index (χ3v) is 10.2. The first-order valence-corrected chi connectivity index (χ1v) is 11.7. The fourth-order valence-corrected chi connectivity index (χ4v) is 9.21. The van der Waals surface area contributed by atoms with Crippen LogP contribution in [0.5, 0.6) is 0 Å². The van der Waals surface area contributed by atoms with Gasteiger partial charge in [-0.05, 0) is 67.3 Å². The Morgan fingerprint density at radius 3 is 2.70 bits per heavy atom. The molecule has 0 radical (unpaired) electrons. The summed E-state index contributed by atoms with van der Waals surface area (Å²) >= 11 is 0. The highest BCUT2D eigenvalue weighted by Gasteiger charge is 2.79. The van der Waals surface area contributed by atoms with E-state index in [1.165, 1.54) is 5.57 Å². The molecule has 1 unspecified atom stereocenters. The van der Waals surface area contributed by atoms with E-state index < -0.39 is 17.5 Å². The largest absolute Gasteiger partial charge is 0.393 e. The Morgan fingerprint density at radius 1 is 1.13 bits per heavy atom. The lowest BCUT2D eigenvalue weighted by Gasteiger charge is -2.61. The van der Waals surface area contributed by atoms with E-state index in [1.807, 2.05) is 6.08 Å². The Bertz CT molecular complexity index is 796. The van der Waals surface area contributed by atoms with Gasteiger partial charge < -0.3 is 24.1 Å². The maximum Gasteiger partial charge on any atom is 0.227 e. The minimum absolute atomic E-state index is 0.0751. The standard InChI is InChI=1S/C24H34O6/c1-14-8-18-17-5-4-15-9-16(25)6-7-21(15,2)20(17)19(26)10-22(18,3)24(14)23(29-13-30-24)11-27-12-28-23/h9,14,17-20,26H,4-8,10-13H2,1-3H3/t14-,17+,18+,19-,20-,21+,22+,23?,24-/m1/s1. The van der Waals surface area contributed by atoms with Crippen LogP contribution in [0.25, 0.3) is 0 Å². The van der Waals surface area contributed by atoms with Gasteiger partial charge in [0.2, 0.25) is 5.79 Å². The molecule has 166 valence electrons. The summed E-state index contributed by atoms with van der Waals surface area (Å²) in [6, 6.07) is 0. The first-order chi connectivity index (χ1) is 14.3. The van der Waals surface area contributed by atoms with Gasteiger partial charge in [0.05, 0.1) is 6.10 Å². The molecule has 5 fully saturated rings. The number of hydrogen-bond donors (Lipinski definition) is 1. The van der Waals surface area contributed by atoms with Gasteiger partial charge in [-0.3, -0.25) is 4.79 Å². The second-order valence-corrected chi connectivity index (χ2v) is 11.2. The maximum atomic E-state index is 12.1. The van der Waals surface area contributed by atoms with Crippen LogP contribution < -0.4 is 0 Å². The molecule has 6 aliphatic rings. The van der Waals surface area contributed by atoms with Gasteiger partial charge in [-0.15, -0.1) is 0 Å². The first-order valence-electron chi connectivity index (χ1n) is 11.7. The number of ketones is 1. The normalized spacial score (nSPS) is 57.4. The molecule has 0 aromatic carbocycles. The van der Waals surface area contributed by atoms with Crippen molar-refractivity contribution in [2.45, 2.75) is 76.8 Å². The molecule has 2 aliphatic heterocycles. The van der Waals surface area contributed by atoms with Crippen molar-refractivity contribution >= 4 is 5.78 Å². The van der Waals surface area contributed by atoms with Crippen molar-refractivity contribution in [1.82, 2.24) is 0 Å².